The Morgan fingerprint density at radius 2 is 1.93 bits per heavy atom. The van der Waals surface area contributed by atoms with E-state index in [-0.39, 0.29) is 29.4 Å². The molecule has 44 heavy (non-hydrogen) atoms. The minimum atomic E-state index is -4.74. The monoisotopic (exact) mass is 603 g/mol. The summed E-state index contributed by atoms with van der Waals surface area (Å²) in [7, 11) is 3.63. The number of aromatic amines is 1. The highest BCUT2D eigenvalue weighted by Gasteiger charge is 2.41. The van der Waals surface area contributed by atoms with E-state index in [2.05, 4.69) is 10.1 Å². The number of H-pyrrole nitrogens is 1. The molecule has 1 aliphatic heterocycles. The number of benzene rings is 2. The second-order valence-electron chi connectivity index (χ2n) is 10.7. The molecular weight excluding hydrogens is 572 g/mol. The van der Waals surface area contributed by atoms with Crippen LogP contribution in [-0.4, -0.2) is 45.6 Å². The highest BCUT2D eigenvalue weighted by Crippen LogP contribution is 2.40. The number of rotatable bonds is 9. The van der Waals surface area contributed by atoms with E-state index >= 15 is 0 Å². The van der Waals surface area contributed by atoms with Gasteiger partial charge >= 0.3 is 6.18 Å². The lowest BCUT2D eigenvalue weighted by atomic mass is 9.56. The molecule has 2 unspecified atom stereocenters. The molecule has 1 N–H and O–H groups in total. The lowest BCUT2D eigenvalue weighted by Crippen LogP contribution is -2.36. The standard InChI is InChI=1S/C31H31BF3N6O3/c1-5-8-23-27-28(40(4)39-23)30(43)38-29(37-27)20-13-18(10-12-25(20)44-7-3)32-22-15-26(42)41(24(22)6-2)19-11-9-17(16-36)21(14-19)31(33,34)35/h9-14,22,24H,5-8,15H2,1-4H3,(H,37,38,43). The van der Waals surface area contributed by atoms with Gasteiger partial charge in [-0.15, -0.1) is 0 Å². The van der Waals surface area contributed by atoms with E-state index in [1.807, 2.05) is 40.2 Å². The van der Waals surface area contributed by atoms with Crippen LogP contribution in [-0.2, 0) is 24.4 Å². The van der Waals surface area contributed by atoms with Gasteiger partial charge in [0.25, 0.3) is 5.56 Å². The van der Waals surface area contributed by atoms with Crippen molar-refractivity contribution in [2.75, 3.05) is 11.5 Å². The Bertz CT molecular complexity index is 1830. The average molecular weight is 603 g/mol. The van der Waals surface area contributed by atoms with Crippen LogP contribution in [0, 0.1) is 11.3 Å². The first kappa shape index (κ1) is 30.8. The van der Waals surface area contributed by atoms with Crippen LogP contribution < -0.4 is 20.7 Å². The number of ether oxygens (including phenoxy) is 1. The van der Waals surface area contributed by atoms with Crippen molar-refractivity contribution < 1.29 is 22.7 Å². The molecule has 13 heteroatoms. The van der Waals surface area contributed by atoms with Gasteiger partial charge in [0, 0.05) is 25.2 Å². The van der Waals surface area contributed by atoms with E-state index in [1.165, 1.54) is 15.6 Å². The van der Waals surface area contributed by atoms with Gasteiger partial charge in [0.15, 0.2) is 12.8 Å². The van der Waals surface area contributed by atoms with Gasteiger partial charge in [-0.1, -0.05) is 37.9 Å². The molecule has 0 bridgehead atoms. The molecule has 1 amide bonds. The number of nitrogens with zero attached hydrogens (tertiary/aromatic N) is 5. The lowest BCUT2D eigenvalue weighted by molar-refractivity contribution is -0.137. The molecule has 1 radical (unpaired) electrons. The smallest absolute Gasteiger partial charge is 0.417 e. The van der Waals surface area contributed by atoms with Crippen molar-refractivity contribution in [2.24, 2.45) is 7.05 Å². The molecule has 1 saturated heterocycles. The molecule has 2 aromatic heterocycles. The van der Waals surface area contributed by atoms with Crippen molar-refractivity contribution in [2.45, 2.75) is 64.5 Å². The van der Waals surface area contributed by atoms with Crippen molar-refractivity contribution in [3.05, 3.63) is 63.6 Å². The van der Waals surface area contributed by atoms with Crippen molar-refractivity contribution in [1.29, 1.82) is 5.26 Å². The van der Waals surface area contributed by atoms with E-state index in [9.17, 15) is 28.0 Å². The third-order valence-corrected chi connectivity index (χ3v) is 7.84. The van der Waals surface area contributed by atoms with Crippen LogP contribution in [0.4, 0.5) is 18.9 Å². The highest BCUT2D eigenvalue weighted by atomic mass is 19.4. The normalized spacial score (nSPS) is 16.9. The molecule has 0 aliphatic carbocycles. The minimum absolute atomic E-state index is 0.0967. The summed E-state index contributed by atoms with van der Waals surface area (Å²) >= 11 is 0. The second-order valence-corrected chi connectivity index (χ2v) is 10.7. The molecule has 2 aromatic carbocycles. The molecule has 1 aliphatic rings. The van der Waals surface area contributed by atoms with Gasteiger partial charge in [0.05, 0.1) is 35.1 Å². The molecule has 9 nitrogen and oxygen atoms in total. The number of nitriles is 1. The molecule has 4 aromatic rings. The zero-order chi connectivity index (χ0) is 31.8. The zero-order valence-corrected chi connectivity index (χ0v) is 24.8. The van der Waals surface area contributed by atoms with E-state index in [4.69, 9.17) is 9.72 Å². The number of anilines is 1. The maximum absolute atomic E-state index is 13.7. The largest absolute Gasteiger partial charge is 0.493 e. The number of carbonyl (C=O) groups is 1. The van der Waals surface area contributed by atoms with Gasteiger partial charge < -0.3 is 14.6 Å². The molecule has 2 atom stereocenters. The number of fused-ring (bicyclic) bond motifs is 1. The summed E-state index contributed by atoms with van der Waals surface area (Å²) in [6, 6.07) is 9.97. The third-order valence-electron chi connectivity index (χ3n) is 7.84. The van der Waals surface area contributed by atoms with Gasteiger partial charge in [-0.2, -0.15) is 23.5 Å². The molecule has 0 saturated carbocycles. The summed E-state index contributed by atoms with van der Waals surface area (Å²) in [6.45, 7) is 6.13. The molecular formula is C31H31BF3N6O3. The number of amides is 1. The van der Waals surface area contributed by atoms with Crippen LogP contribution in [0.1, 0.15) is 56.9 Å². The molecule has 0 spiro atoms. The van der Waals surface area contributed by atoms with Gasteiger partial charge in [-0.25, -0.2) is 4.98 Å². The average Bonchev–Trinajstić information content (AvgIpc) is 3.48. The molecule has 1 fully saturated rings. The number of alkyl halides is 3. The van der Waals surface area contributed by atoms with Crippen molar-refractivity contribution in [3.63, 3.8) is 0 Å². The number of carbonyl (C=O) groups excluding carboxylic acids is 1. The second kappa shape index (κ2) is 12.2. The van der Waals surface area contributed by atoms with E-state index in [1.54, 1.807) is 19.2 Å². The summed E-state index contributed by atoms with van der Waals surface area (Å²) in [5.74, 6) is 0.215. The summed E-state index contributed by atoms with van der Waals surface area (Å²) in [4.78, 5) is 35.4. The van der Waals surface area contributed by atoms with E-state index in [0.29, 0.717) is 47.6 Å². The van der Waals surface area contributed by atoms with Crippen LogP contribution in [0.15, 0.2) is 41.2 Å². The Kier molecular flexibility index (Phi) is 8.54. The topological polar surface area (TPSA) is 117 Å². The lowest BCUT2D eigenvalue weighted by Gasteiger charge is -2.28. The SMILES string of the molecule is CCCc1nn(C)c2c(=O)[nH]c(-c3cc([B]C4CC(=O)N(c5ccc(C#N)c(C(F)(F)F)c5)C4CC)ccc3OCC)nc12. The first-order valence-corrected chi connectivity index (χ1v) is 14.5. The zero-order valence-electron chi connectivity index (χ0n) is 24.8. The minimum Gasteiger partial charge on any atom is -0.493 e. The number of hydrogen-bond donors (Lipinski definition) is 1. The maximum atomic E-state index is 13.7. The maximum Gasteiger partial charge on any atom is 0.417 e. The Labute approximate surface area is 252 Å². The Balaban J connectivity index is 1.51. The summed E-state index contributed by atoms with van der Waals surface area (Å²) in [5.41, 5.74) is 1.13. The van der Waals surface area contributed by atoms with Gasteiger partial charge in [-0.3, -0.25) is 14.3 Å². The number of nitrogens with one attached hydrogen (secondary N) is 1. The number of halogens is 3. The Morgan fingerprint density at radius 3 is 2.59 bits per heavy atom. The number of hydrogen-bond acceptors (Lipinski definition) is 6. The molecule has 227 valence electrons. The first-order valence-electron chi connectivity index (χ1n) is 14.5. The van der Waals surface area contributed by atoms with Crippen LogP contribution in [0.5, 0.6) is 5.75 Å². The van der Waals surface area contributed by atoms with Crippen LogP contribution in [0.2, 0.25) is 5.82 Å². The summed E-state index contributed by atoms with van der Waals surface area (Å²) < 4.78 is 48.4. The fourth-order valence-corrected chi connectivity index (χ4v) is 5.96. The summed E-state index contributed by atoms with van der Waals surface area (Å²) in [5, 5.41) is 13.7. The van der Waals surface area contributed by atoms with Crippen LogP contribution in [0.25, 0.3) is 22.4 Å². The first-order chi connectivity index (χ1) is 21.0. The highest BCUT2D eigenvalue weighted by molar-refractivity contribution is 6.56. The summed E-state index contributed by atoms with van der Waals surface area (Å²) in [6.07, 6.45) is -2.65. The Hall–Kier alpha value is -4.60. The van der Waals surface area contributed by atoms with Gasteiger partial charge in [0.2, 0.25) is 5.91 Å². The number of aromatic nitrogens is 4. The predicted octanol–water partition coefficient (Wildman–Crippen LogP) is 4.90. The fraction of sp³-hybridized carbons (Fsp3) is 0.387. The quantitative estimate of drug-likeness (QED) is 0.272. The number of aryl methyl sites for hydroxylation is 2. The molecule has 5 rings (SSSR count). The van der Waals surface area contributed by atoms with Crippen LogP contribution >= 0.6 is 0 Å². The van der Waals surface area contributed by atoms with Crippen LogP contribution in [0.3, 0.4) is 0 Å². The predicted molar refractivity (Wildman–Crippen MR) is 161 cm³/mol. The molecule has 3 heterocycles. The van der Waals surface area contributed by atoms with Crippen molar-refractivity contribution in [3.8, 4) is 23.2 Å². The van der Waals surface area contributed by atoms with Crippen molar-refractivity contribution in [1.82, 2.24) is 19.7 Å². The van der Waals surface area contributed by atoms with E-state index in [0.717, 1.165) is 29.7 Å². The van der Waals surface area contributed by atoms with E-state index < -0.39 is 23.3 Å². The fourth-order valence-electron chi connectivity index (χ4n) is 5.96. The van der Waals surface area contributed by atoms with Gasteiger partial charge in [-0.05, 0) is 49.8 Å². The van der Waals surface area contributed by atoms with Crippen molar-refractivity contribution >= 4 is 35.4 Å². The Morgan fingerprint density at radius 1 is 1.16 bits per heavy atom. The van der Waals surface area contributed by atoms with Gasteiger partial charge in [0.1, 0.15) is 17.1 Å². The third kappa shape index (κ3) is 5.68.